The van der Waals surface area contributed by atoms with Crippen molar-refractivity contribution in [2.24, 2.45) is 11.3 Å². The van der Waals surface area contributed by atoms with E-state index in [1.807, 2.05) is 27.7 Å². The molecule has 27 heavy (non-hydrogen) atoms. The summed E-state index contributed by atoms with van der Waals surface area (Å²) in [7, 11) is 0. The summed E-state index contributed by atoms with van der Waals surface area (Å²) < 4.78 is 0. The molecule has 0 spiro atoms. The molecule has 0 aromatic heterocycles. The fraction of sp³-hybridized carbons (Fsp3) is 0.905. The van der Waals surface area contributed by atoms with Crippen LogP contribution in [0.15, 0.2) is 0 Å². The number of carbonyl (C=O) groups excluding carboxylic acids is 2. The molecule has 0 bridgehead atoms. The Morgan fingerprint density at radius 3 is 1.78 bits per heavy atom. The van der Waals surface area contributed by atoms with E-state index in [-0.39, 0.29) is 23.7 Å². The molecule has 2 heterocycles. The SMILES string of the molecule is CC(C)(C)CC(CC(=O)N1CC(O)CC1(C)C)C(=O)N1CC(O)CC1(C)C. The Morgan fingerprint density at radius 2 is 1.41 bits per heavy atom. The van der Waals surface area contributed by atoms with Gasteiger partial charge in [-0.25, -0.2) is 0 Å². The van der Waals surface area contributed by atoms with Gasteiger partial charge in [0.25, 0.3) is 0 Å². The van der Waals surface area contributed by atoms with Gasteiger partial charge in [-0.3, -0.25) is 9.59 Å². The molecule has 0 aromatic carbocycles. The number of aliphatic hydroxyl groups excluding tert-OH is 2. The third kappa shape index (κ3) is 5.23. The first-order valence-electron chi connectivity index (χ1n) is 10.1. The predicted octanol–water partition coefficient (Wildman–Crippen LogP) is 2.17. The molecule has 2 fully saturated rings. The summed E-state index contributed by atoms with van der Waals surface area (Å²) in [6.07, 6.45) is 0.852. The standard InChI is InChI=1S/C21H38N2O4/c1-19(2,3)9-14(18(27)23-13-16(25)11-21(23,6)7)8-17(26)22-12-15(24)10-20(22,4)5/h14-16,24-25H,8-13H2,1-7H3. The van der Waals surface area contributed by atoms with Gasteiger partial charge >= 0.3 is 0 Å². The first kappa shape index (κ1) is 22.2. The number of hydrogen-bond acceptors (Lipinski definition) is 4. The molecule has 3 atom stereocenters. The maximum atomic E-state index is 13.4. The van der Waals surface area contributed by atoms with Crippen LogP contribution in [0.4, 0.5) is 0 Å². The molecular weight excluding hydrogens is 344 g/mol. The van der Waals surface area contributed by atoms with Gasteiger partial charge in [0.05, 0.1) is 12.2 Å². The van der Waals surface area contributed by atoms with E-state index in [9.17, 15) is 19.8 Å². The van der Waals surface area contributed by atoms with Gasteiger partial charge in [-0.05, 0) is 52.4 Å². The number of nitrogens with zero attached hydrogens (tertiary/aromatic N) is 2. The number of likely N-dealkylation sites (tertiary alicyclic amines) is 2. The average Bonchev–Trinajstić information content (AvgIpc) is 2.89. The van der Waals surface area contributed by atoms with E-state index < -0.39 is 29.2 Å². The Bertz CT molecular complexity index is 579. The largest absolute Gasteiger partial charge is 0.391 e. The average molecular weight is 383 g/mol. The van der Waals surface area contributed by atoms with E-state index in [1.54, 1.807) is 9.80 Å². The summed E-state index contributed by atoms with van der Waals surface area (Å²) >= 11 is 0. The van der Waals surface area contributed by atoms with E-state index in [0.717, 1.165) is 0 Å². The third-order valence-corrected chi connectivity index (χ3v) is 5.91. The highest BCUT2D eigenvalue weighted by Gasteiger charge is 2.45. The zero-order chi connectivity index (χ0) is 20.8. The van der Waals surface area contributed by atoms with Crippen LogP contribution < -0.4 is 0 Å². The molecule has 156 valence electrons. The predicted molar refractivity (Wildman–Crippen MR) is 105 cm³/mol. The monoisotopic (exact) mass is 382 g/mol. The third-order valence-electron chi connectivity index (χ3n) is 5.91. The molecule has 2 amide bonds. The summed E-state index contributed by atoms with van der Waals surface area (Å²) in [4.78, 5) is 29.9. The molecule has 3 unspecified atom stereocenters. The summed E-state index contributed by atoms with van der Waals surface area (Å²) in [5.41, 5.74) is -0.892. The van der Waals surface area contributed by atoms with Crippen LogP contribution in [-0.4, -0.2) is 68.2 Å². The zero-order valence-corrected chi connectivity index (χ0v) is 18.1. The first-order chi connectivity index (χ1) is 12.1. The van der Waals surface area contributed by atoms with E-state index in [4.69, 9.17) is 0 Å². The van der Waals surface area contributed by atoms with Crippen LogP contribution >= 0.6 is 0 Å². The highest BCUT2D eigenvalue weighted by molar-refractivity contribution is 5.87. The second-order valence-electron chi connectivity index (χ2n) is 11.0. The molecule has 0 saturated carbocycles. The van der Waals surface area contributed by atoms with Gasteiger partial charge in [-0.1, -0.05) is 20.8 Å². The molecule has 2 N–H and O–H groups in total. The van der Waals surface area contributed by atoms with Crippen molar-refractivity contribution in [3.8, 4) is 0 Å². The molecule has 2 aliphatic heterocycles. The molecular formula is C21H38N2O4. The number of hydrogen-bond donors (Lipinski definition) is 2. The molecule has 6 heteroatoms. The van der Waals surface area contributed by atoms with Gasteiger partial charge in [0.1, 0.15) is 0 Å². The van der Waals surface area contributed by atoms with E-state index in [1.165, 1.54) is 0 Å². The van der Waals surface area contributed by atoms with E-state index >= 15 is 0 Å². The fourth-order valence-corrected chi connectivity index (χ4v) is 4.77. The maximum absolute atomic E-state index is 13.4. The van der Waals surface area contributed by atoms with E-state index in [0.29, 0.717) is 32.4 Å². The Labute approximate surface area is 163 Å². The van der Waals surface area contributed by atoms with Crippen molar-refractivity contribution in [1.29, 1.82) is 0 Å². The van der Waals surface area contributed by atoms with Gasteiger partial charge in [0, 0.05) is 36.5 Å². The number of amides is 2. The van der Waals surface area contributed by atoms with Crippen molar-refractivity contribution < 1.29 is 19.8 Å². The molecule has 2 aliphatic rings. The first-order valence-corrected chi connectivity index (χ1v) is 10.1. The molecule has 2 saturated heterocycles. The lowest BCUT2D eigenvalue weighted by atomic mass is 9.81. The fourth-order valence-electron chi connectivity index (χ4n) is 4.77. The van der Waals surface area contributed by atoms with Gasteiger partial charge in [-0.15, -0.1) is 0 Å². The molecule has 6 nitrogen and oxygen atoms in total. The topological polar surface area (TPSA) is 81.1 Å². The van der Waals surface area contributed by atoms with Crippen molar-refractivity contribution in [3.63, 3.8) is 0 Å². The maximum Gasteiger partial charge on any atom is 0.226 e. The highest BCUT2D eigenvalue weighted by atomic mass is 16.3. The summed E-state index contributed by atoms with van der Waals surface area (Å²) in [5.74, 6) is -0.537. The number of aliphatic hydroxyl groups is 2. The Hall–Kier alpha value is -1.14. The lowest BCUT2D eigenvalue weighted by Crippen LogP contribution is -2.49. The highest BCUT2D eigenvalue weighted by Crippen LogP contribution is 2.36. The quantitative estimate of drug-likeness (QED) is 0.781. The summed E-state index contributed by atoms with van der Waals surface area (Å²) in [5, 5.41) is 20.0. The van der Waals surface area contributed by atoms with Gasteiger partial charge in [0.15, 0.2) is 0 Å². The molecule has 2 rings (SSSR count). The minimum atomic E-state index is -0.511. The van der Waals surface area contributed by atoms with Crippen molar-refractivity contribution in [1.82, 2.24) is 9.80 Å². The Balaban J connectivity index is 2.20. The van der Waals surface area contributed by atoms with Gasteiger partial charge in [0.2, 0.25) is 11.8 Å². The lowest BCUT2D eigenvalue weighted by Gasteiger charge is -2.37. The number of rotatable bonds is 4. The smallest absolute Gasteiger partial charge is 0.226 e. The summed E-state index contributed by atoms with van der Waals surface area (Å²) in [6, 6.07) is 0. The Kier molecular flexibility index (Phi) is 6.04. The van der Waals surface area contributed by atoms with Crippen molar-refractivity contribution in [2.45, 2.75) is 97.4 Å². The molecule has 0 radical (unpaired) electrons. The summed E-state index contributed by atoms with van der Waals surface area (Å²) in [6.45, 7) is 14.7. The van der Waals surface area contributed by atoms with Crippen LogP contribution in [0.25, 0.3) is 0 Å². The van der Waals surface area contributed by atoms with Crippen LogP contribution in [0.5, 0.6) is 0 Å². The van der Waals surface area contributed by atoms with Crippen molar-refractivity contribution >= 4 is 11.8 Å². The minimum Gasteiger partial charge on any atom is -0.391 e. The second-order valence-corrected chi connectivity index (χ2v) is 11.0. The zero-order valence-electron chi connectivity index (χ0n) is 18.1. The lowest BCUT2D eigenvalue weighted by molar-refractivity contribution is -0.146. The normalized spacial score (nSPS) is 28.5. The van der Waals surface area contributed by atoms with Crippen molar-refractivity contribution in [3.05, 3.63) is 0 Å². The van der Waals surface area contributed by atoms with Gasteiger partial charge in [-0.2, -0.15) is 0 Å². The van der Waals surface area contributed by atoms with Crippen LogP contribution in [0, 0.1) is 11.3 Å². The Morgan fingerprint density at radius 1 is 0.963 bits per heavy atom. The van der Waals surface area contributed by atoms with Crippen LogP contribution in [0.1, 0.15) is 74.1 Å². The van der Waals surface area contributed by atoms with E-state index in [2.05, 4.69) is 20.8 Å². The minimum absolute atomic E-state index is 0.0441. The van der Waals surface area contributed by atoms with Crippen LogP contribution in [0.3, 0.4) is 0 Å². The molecule has 0 aromatic rings. The van der Waals surface area contributed by atoms with Crippen LogP contribution in [0.2, 0.25) is 0 Å². The van der Waals surface area contributed by atoms with Crippen LogP contribution in [-0.2, 0) is 9.59 Å². The van der Waals surface area contributed by atoms with Crippen molar-refractivity contribution in [2.75, 3.05) is 13.1 Å². The number of carbonyl (C=O) groups is 2. The number of β-amino-alcohol motifs (C(OH)–C–C–N with tert-alkyl or cyclic N) is 2. The second kappa shape index (κ2) is 7.36. The molecule has 0 aliphatic carbocycles. The van der Waals surface area contributed by atoms with Gasteiger partial charge < -0.3 is 20.0 Å².